The summed E-state index contributed by atoms with van der Waals surface area (Å²) in [7, 11) is 0. The van der Waals surface area contributed by atoms with Gasteiger partial charge in [0.05, 0.1) is 6.54 Å². The summed E-state index contributed by atoms with van der Waals surface area (Å²) in [6.45, 7) is 1.63. The van der Waals surface area contributed by atoms with Crippen molar-refractivity contribution in [2.75, 3.05) is 13.2 Å². The standard InChI is InChI=1S/C15H17NO/c1-2-6-14-12(4-1)8-9-13(14)5-3-7-15-16-10-11-17-15/h1-2,4,6,9H,3,5,7-8,10-11H2. The fourth-order valence-electron chi connectivity index (χ4n) is 2.55. The Hall–Kier alpha value is -1.57. The van der Waals surface area contributed by atoms with Gasteiger partial charge in [-0.25, -0.2) is 0 Å². The number of benzene rings is 1. The minimum absolute atomic E-state index is 0.779. The van der Waals surface area contributed by atoms with E-state index in [0.29, 0.717) is 0 Å². The molecule has 0 radical (unpaired) electrons. The van der Waals surface area contributed by atoms with Gasteiger partial charge in [0.1, 0.15) is 6.61 Å². The van der Waals surface area contributed by atoms with Crippen molar-refractivity contribution < 1.29 is 4.74 Å². The average Bonchev–Trinajstić information content (AvgIpc) is 2.99. The van der Waals surface area contributed by atoms with Crippen LogP contribution in [0.5, 0.6) is 0 Å². The van der Waals surface area contributed by atoms with Crippen molar-refractivity contribution in [3.8, 4) is 0 Å². The summed E-state index contributed by atoms with van der Waals surface area (Å²) in [6, 6.07) is 8.71. The summed E-state index contributed by atoms with van der Waals surface area (Å²) in [5.74, 6) is 0.955. The Labute approximate surface area is 102 Å². The Kier molecular flexibility index (Phi) is 2.95. The first kappa shape index (κ1) is 10.6. The van der Waals surface area contributed by atoms with Crippen LogP contribution in [0.1, 0.15) is 30.4 Å². The van der Waals surface area contributed by atoms with Crippen molar-refractivity contribution >= 4 is 11.5 Å². The van der Waals surface area contributed by atoms with E-state index in [9.17, 15) is 0 Å². The summed E-state index contributed by atoms with van der Waals surface area (Å²) in [4.78, 5) is 4.32. The molecule has 0 saturated heterocycles. The molecule has 2 aliphatic rings. The van der Waals surface area contributed by atoms with Crippen LogP contribution in [0.2, 0.25) is 0 Å². The molecule has 0 amide bonds. The summed E-state index contributed by atoms with van der Waals surface area (Å²) in [5.41, 5.74) is 4.41. The van der Waals surface area contributed by atoms with Crippen LogP contribution < -0.4 is 0 Å². The Balaban J connectivity index is 1.56. The molecule has 0 unspecified atom stereocenters. The summed E-state index contributed by atoms with van der Waals surface area (Å²) >= 11 is 0. The van der Waals surface area contributed by atoms with Crippen LogP contribution in [0.3, 0.4) is 0 Å². The number of rotatable bonds is 4. The fourth-order valence-corrected chi connectivity index (χ4v) is 2.55. The molecular formula is C15H17NO. The van der Waals surface area contributed by atoms with E-state index >= 15 is 0 Å². The third-order valence-corrected chi connectivity index (χ3v) is 3.42. The van der Waals surface area contributed by atoms with Crippen LogP contribution in [0.4, 0.5) is 0 Å². The number of allylic oxidation sites excluding steroid dienone is 2. The second-order valence-corrected chi connectivity index (χ2v) is 4.57. The quantitative estimate of drug-likeness (QED) is 0.774. The van der Waals surface area contributed by atoms with Gasteiger partial charge in [0.2, 0.25) is 0 Å². The van der Waals surface area contributed by atoms with Gasteiger partial charge in [-0.15, -0.1) is 0 Å². The molecule has 88 valence electrons. The molecule has 1 heterocycles. The van der Waals surface area contributed by atoms with Crippen LogP contribution in [-0.4, -0.2) is 19.0 Å². The predicted octanol–water partition coefficient (Wildman–Crippen LogP) is 3.23. The lowest BCUT2D eigenvalue weighted by Crippen LogP contribution is -1.98. The summed E-state index contributed by atoms with van der Waals surface area (Å²) in [5, 5.41) is 0. The first-order valence-electron chi connectivity index (χ1n) is 6.37. The number of hydrogen-bond acceptors (Lipinski definition) is 2. The zero-order chi connectivity index (χ0) is 11.5. The molecule has 2 heteroatoms. The Bertz CT molecular complexity index is 474. The zero-order valence-electron chi connectivity index (χ0n) is 9.98. The van der Waals surface area contributed by atoms with Gasteiger partial charge in [0, 0.05) is 6.42 Å². The number of fused-ring (bicyclic) bond motifs is 1. The van der Waals surface area contributed by atoms with Crippen molar-refractivity contribution in [2.45, 2.75) is 25.7 Å². The first-order valence-corrected chi connectivity index (χ1v) is 6.37. The van der Waals surface area contributed by atoms with E-state index < -0.39 is 0 Å². The Morgan fingerprint density at radius 1 is 1.18 bits per heavy atom. The first-order chi connectivity index (χ1) is 8.43. The highest BCUT2D eigenvalue weighted by atomic mass is 16.5. The molecule has 0 aromatic heterocycles. The smallest absolute Gasteiger partial charge is 0.183 e. The molecule has 2 nitrogen and oxygen atoms in total. The van der Waals surface area contributed by atoms with Crippen LogP contribution >= 0.6 is 0 Å². The van der Waals surface area contributed by atoms with Gasteiger partial charge in [-0.2, -0.15) is 0 Å². The van der Waals surface area contributed by atoms with Crippen molar-refractivity contribution in [3.05, 3.63) is 41.5 Å². The molecular weight excluding hydrogens is 210 g/mol. The molecule has 0 N–H and O–H groups in total. The fraction of sp³-hybridized carbons (Fsp3) is 0.400. The topological polar surface area (TPSA) is 21.6 Å². The van der Waals surface area contributed by atoms with E-state index in [2.05, 4.69) is 35.3 Å². The van der Waals surface area contributed by atoms with Gasteiger partial charge in [-0.05, 0) is 36.0 Å². The van der Waals surface area contributed by atoms with Crippen molar-refractivity contribution in [1.29, 1.82) is 0 Å². The highest BCUT2D eigenvalue weighted by molar-refractivity contribution is 5.78. The van der Waals surface area contributed by atoms with Crippen LogP contribution in [0, 0.1) is 0 Å². The van der Waals surface area contributed by atoms with Gasteiger partial charge in [0.15, 0.2) is 5.90 Å². The van der Waals surface area contributed by atoms with E-state index in [1.165, 1.54) is 16.7 Å². The maximum absolute atomic E-state index is 5.42. The average molecular weight is 227 g/mol. The largest absolute Gasteiger partial charge is 0.479 e. The molecule has 0 bridgehead atoms. The van der Waals surface area contributed by atoms with Gasteiger partial charge in [-0.3, -0.25) is 4.99 Å². The highest BCUT2D eigenvalue weighted by Crippen LogP contribution is 2.30. The lowest BCUT2D eigenvalue weighted by Gasteiger charge is -2.05. The van der Waals surface area contributed by atoms with Crippen LogP contribution in [0.15, 0.2) is 35.3 Å². The SMILES string of the molecule is C1=C(CCCC2=NCCO2)c2ccccc2C1. The van der Waals surface area contributed by atoms with E-state index in [1.807, 2.05) is 0 Å². The van der Waals surface area contributed by atoms with E-state index in [0.717, 1.165) is 44.7 Å². The maximum atomic E-state index is 5.42. The lowest BCUT2D eigenvalue weighted by molar-refractivity contribution is 0.337. The lowest BCUT2D eigenvalue weighted by atomic mass is 10.0. The second kappa shape index (κ2) is 4.74. The van der Waals surface area contributed by atoms with Gasteiger partial charge in [-0.1, -0.05) is 30.3 Å². The molecule has 3 rings (SSSR count). The molecule has 1 aliphatic carbocycles. The molecule has 0 fully saturated rings. The third-order valence-electron chi connectivity index (χ3n) is 3.42. The molecule has 0 atom stereocenters. The van der Waals surface area contributed by atoms with E-state index in [1.54, 1.807) is 0 Å². The number of ether oxygens (including phenoxy) is 1. The summed E-state index contributed by atoms with van der Waals surface area (Å²) < 4.78 is 5.42. The molecule has 0 saturated carbocycles. The minimum atomic E-state index is 0.779. The maximum Gasteiger partial charge on any atom is 0.183 e. The monoisotopic (exact) mass is 227 g/mol. The number of nitrogens with zero attached hydrogens (tertiary/aromatic N) is 1. The Morgan fingerprint density at radius 2 is 2.12 bits per heavy atom. The van der Waals surface area contributed by atoms with Crippen LogP contribution in [-0.2, 0) is 11.2 Å². The minimum Gasteiger partial charge on any atom is -0.479 e. The van der Waals surface area contributed by atoms with Crippen molar-refractivity contribution in [1.82, 2.24) is 0 Å². The number of hydrogen-bond donors (Lipinski definition) is 0. The summed E-state index contributed by atoms with van der Waals surface area (Å²) in [6.07, 6.45) is 6.73. The second-order valence-electron chi connectivity index (χ2n) is 4.57. The van der Waals surface area contributed by atoms with Crippen molar-refractivity contribution in [3.63, 3.8) is 0 Å². The van der Waals surface area contributed by atoms with E-state index in [-0.39, 0.29) is 0 Å². The Morgan fingerprint density at radius 3 is 3.00 bits per heavy atom. The van der Waals surface area contributed by atoms with Gasteiger partial charge in [0.25, 0.3) is 0 Å². The molecule has 1 aromatic rings. The molecule has 1 aromatic carbocycles. The van der Waals surface area contributed by atoms with Gasteiger partial charge < -0.3 is 4.74 Å². The highest BCUT2D eigenvalue weighted by Gasteiger charge is 2.13. The zero-order valence-corrected chi connectivity index (χ0v) is 9.98. The number of aliphatic imine (C=N–C) groups is 1. The predicted molar refractivity (Wildman–Crippen MR) is 70.2 cm³/mol. The third kappa shape index (κ3) is 2.26. The molecule has 17 heavy (non-hydrogen) atoms. The van der Waals surface area contributed by atoms with Gasteiger partial charge >= 0.3 is 0 Å². The van der Waals surface area contributed by atoms with Crippen molar-refractivity contribution in [2.24, 2.45) is 4.99 Å². The van der Waals surface area contributed by atoms with Crippen LogP contribution in [0.25, 0.3) is 5.57 Å². The molecule has 1 aliphatic heterocycles. The molecule has 0 spiro atoms. The normalized spacial score (nSPS) is 17.4. The van der Waals surface area contributed by atoms with E-state index in [4.69, 9.17) is 4.74 Å².